The highest BCUT2D eigenvalue weighted by molar-refractivity contribution is 5.93. The lowest BCUT2D eigenvalue weighted by Crippen LogP contribution is -2.17. The standard InChI is InChI=1S/C15H16N2O/c1-16-15(18)13-8-10-14(17-11-13)9-7-12-5-3-2-4-6-12/h2-6,8,10-11H,7,9H2,1H3,(H,16,18). The van der Waals surface area contributed by atoms with Crippen molar-refractivity contribution in [3.8, 4) is 0 Å². The molecule has 1 aromatic carbocycles. The van der Waals surface area contributed by atoms with Crippen LogP contribution in [-0.4, -0.2) is 17.9 Å². The number of carbonyl (C=O) groups excluding carboxylic acids is 1. The molecular formula is C15H16N2O. The van der Waals surface area contributed by atoms with Gasteiger partial charge < -0.3 is 5.32 Å². The zero-order valence-electron chi connectivity index (χ0n) is 10.4. The third kappa shape index (κ3) is 3.17. The molecule has 0 radical (unpaired) electrons. The Balaban J connectivity index is 1.97. The molecule has 0 unspecified atom stereocenters. The van der Waals surface area contributed by atoms with Gasteiger partial charge in [0.15, 0.2) is 0 Å². The number of amides is 1. The Hall–Kier alpha value is -2.16. The predicted octanol–water partition coefficient (Wildman–Crippen LogP) is 2.23. The second-order valence-corrected chi connectivity index (χ2v) is 4.10. The molecule has 0 saturated heterocycles. The maximum Gasteiger partial charge on any atom is 0.252 e. The molecule has 2 rings (SSSR count). The van der Waals surface area contributed by atoms with Crippen molar-refractivity contribution in [3.05, 3.63) is 65.5 Å². The summed E-state index contributed by atoms with van der Waals surface area (Å²) in [5, 5.41) is 2.58. The highest BCUT2D eigenvalue weighted by atomic mass is 16.1. The van der Waals surface area contributed by atoms with Gasteiger partial charge in [-0.05, 0) is 30.5 Å². The maximum absolute atomic E-state index is 11.4. The fraction of sp³-hybridized carbons (Fsp3) is 0.200. The van der Waals surface area contributed by atoms with E-state index >= 15 is 0 Å². The van der Waals surface area contributed by atoms with E-state index < -0.39 is 0 Å². The first-order valence-corrected chi connectivity index (χ1v) is 6.00. The largest absolute Gasteiger partial charge is 0.355 e. The Bertz CT molecular complexity index is 506. The molecule has 0 aliphatic rings. The molecule has 0 saturated carbocycles. The van der Waals surface area contributed by atoms with Gasteiger partial charge in [0.1, 0.15) is 0 Å². The van der Waals surface area contributed by atoms with Crippen LogP contribution >= 0.6 is 0 Å². The third-order valence-electron chi connectivity index (χ3n) is 2.83. The average molecular weight is 240 g/mol. The van der Waals surface area contributed by atoms with Crippen molar-refractivity contribution in [3.63, 3.8) is 0 Å². The zero-order valence-corrected chi connectivity index (χ0v) is 10.4. The monoisotopic (exact) mass is 240 g/mol. The number of aryl methyl sites for hydroxylation is 2. The lowest BCUT2D eigenvalue weighted by Gasteiger charge is -2.03. The van der Waals surface area contributed by atoms with Crippen LogP contribution < -0.4 is 5.32 Å². The summed E-state index contributed by atoms with van der Waals surface area (Å²) in [6, 6.07) is 14.0. The van der Waals surface area contributed by atoms with E-state index in [1.807, 2.05) is 30.3 Å². The number of benzene rings is 1. The van der Waals surface area contributed by atoms with E-state index in [9.17, 15) is 4.79 Å². The van der Waals surface area contributed by atoms with Gasteiger partial charge in [-0.15, -0.1) is 0 Å². The van der Waals surface area contributed by atoms with E-state index in [1.54, 1.807) is 13.2 Å². The lowest BCUT2D eigenvalue weighted by atomic mass is 10.1. The Morgan fingerprint density at radius 1 is 1.11 bits per heavy atom. The van der Waals surface area contributed by atoms with Crippen molar-refractivity contribution in [2.75, 3.05) is 7.05 Å². The molecule has 2 aromatic rings. The SMILES string of the molecule is CNC(=O)c1ccc(CCc2ccccc2)nc1. The molecule has 1 heterocycles. The van der Waals surface area contributed by atoms with Crippen LogP contribution in [0.25, 0.3) is 0 Å². The first kappa shape index (κ1) is 12.3. The smallest absolute Gasteiger partial charge is 0.252 e. The average Bonchev–Trinajstić information content (AvgIpc) is 2.46. The van der Waals surface area contributed by atoms with Gasteiger partial charge in [0.2, 0.25) is 0 Å². The zero-order chi connectivity index (χ0) is 12.8. The van der Waals surface area contributed by atoms with Crippen LogP contribution in [0.4, 0.5) is 0 Å². The van der Waals surface area contributed by atoms with Crippen LogP contribution in [0.2, 0.25) is 0 Å². The number of aromatic nitrogens is 1. The van der Waals surface area contributed by atoms with Crippen LogP contribution in [-0.2, 0) is 12.8 Å². The molecule has 3 nitrogen and oxygen atoms in total. The minimum absolute atomic E-state index is 0.0999. The third-order valence-corrected chi connectivity index (χ3v) is 2.83. The van der Waals surface area contributed by atoms with Gasteiger partial charge in [-0.25, -0.2) is 0 Å². The number of nitrogens with one attached hydrogen (secondary N) is 1. The molecule has 0 aliphatic heterocycles. The van der Waals surface area contributed by atoms with Crippen molar-refractivity contribution >= 4 is 5.91 Å². The predicted molar refractivity (Wildman–Crippen MR) is 71.5 cm³/mol. The van der Waals surface area contributed by atoms with Crippen molar-refractivity contribution in [2.45, 2.75) is 12.8 Å². The van der Waals surface area contributed by atoms with Crippen LogP contribution in [0.3, 0.4) is 0 Å². The highest BCUT2D eigenvalue weighted by Crippen LogP contribution is 2.06. The number of rotatable bonds is 4. The molecule has 0 bridgehead atoms. The van der Waals surface area contributed by atoms with Gasteiger partial charge in [-0.2, -0.15) is 0 Å². The highest BCUT2D eigenvalue weighted by Gasteiger charge is 2.03. The summed E-state index contributed by atoms with van der Waals surface area (Å²) >= 11 is 0. The van der Waals surface area contributed by atoms with Gasteiger partial charge in [-0.1, -0.05) is 30.3 Å². The first-order valence-electron chi connectivity index (χ1n) is 6.00. The molecule has 1 N–H and O–H groups in total. The second-order valence-electron chi connectivity index (χ2n) is 4.10. The molecule has 0 aliphatic carbocycles. The van der Waals surface area contributed by atoms with Gasteiger partial charge in [0.25, 0.3) is 5.91 Å². The van der Waals surface area contributed by atoms with Crippen LogP contribution in [0.15, 0.2) is 48.7 Å². The van der Waals surface area contributed by atoms with Gasteiger partial charge >= 0.3 is 0 Å². The van der Waals surface area contributed by atoms with Crippen LogP contribution in [0, 0.1) is 0 Å². The minimum Gasteiger partial charge on any atom is -0.355 e. The van der Waals surface area contributed by atoms with Gasteiger partial charge in [0.05, 0.1) is 5.56 Å². The lowest BCUT2D eigenvalue weighted by molar-refractivity contribution is 0.0962. The molecule has 1 aromatic heterocycles. The molecule has 92 valence electrons. The molecule has 18 heavy (non-hydrogen) atoms. The van der Waals surface area contributed by atoms with Crippen molar-refractivity contribution in [2.24, 2.45) is 0 Å². The van der Waals surface area contributed by atoms with Crippen molar-refractivity contribution in [1.82, 2.24) is 10.3 Å². The fourth-order valence-electron chi connectivity index (χ4n) is 1.77. The summed E-state index contributed by atoms with van der Waals surface area (Å²) in [6.07, 6.45) is 3.48. The number of hydrogen-bond donors (Lipinski definition) is 1. The van der Waals surface area contributed by atoms with E-state index in [2.05, 4.69) is 22.4 Å². The molecule has 3 heteroatoms. The van der Waals surface area contributed by atoms with Gasteiger partial charge in [-0.3, -0.25) is 9.78 Å². The van der Waals surface area contributed by atoms with E-state index in [0.717, 1.165) is 18.5 Å². The Morgan fingerprint density at radius 3 is 2.50 bits per heavy atom. The normalized spacial score (nSPS) is 10.1. The second kappa shape index (κ2) is 5.96. The Morgan fingerprint density at radius 2 is 1.89 bits per heavy atom. The van der Waals surface area contributed by atoms with Crippen molar-refractivity contribution < 1.29 is 4.79 Å². The van der Waals surface area contributed by atoms with E-state index in [4.69, 9.17) is 0 Å². The van der Waals surface area contributed by atoms with Crippen molar-refractivity contribution in [1.29, 1.82) is 0 Å². The summed E-state index contributed by atoms with van der Waals surface area (Å²) in [4.78, 5) is 15.7. The summed E-state index contributed by atoms with van der Waals surface area (Å²) in [7, 11) is 1.62. The Labute approximate surface area is 107 Å². The van der Waals surface area contributed by atoms with E-state index in [1.165, 1.54) is 5.56 Å². The topological polar surface area (TPSA) is 42.0 Å². The summed E-state index contributed by atoms with van der Waals surface area (Å²) < 4.78 is 0. The Kier molecular flexibility index (Phi) is 4.07. The van der Waals surface area contributed by atoms with Crippen LogP contribution in [0.1, 0.15) is 21.6 Å². The molecule has 0 atom stereocenters. The van der Waals surface area contributed by atoms with E-state index in [0.29, 0.717) is 5.56 Å². The molecular weight excluding hydrogens is 224 g/mol. The van der Waals surface area contributed by atoms with E-state index in [-0.39, 0.29) is 5.91 Å². The quantitative estimate of drug-likeness (QED) is 0.890. The maximum atomic E-state index is 11.4. The summed E-state index contributed by atoms with van der Waals surface area (Å²) in [5.74, 6) is -0.0999. The number of pyridine rings is 1. The van der Waals surface area contributed by atoms with Crippen LogP contribution in [0.5, 0.6) is 0 Å². The number of hydrogen-bond acceptors (Lipinski definition) is 2. The number of nitrogens with zero attached hydrogens (tertiary/aromatic N) is 1. The minimum atomic E-state index is -0.0999. The number of carbonyl (C=O) groups is 1. The molecule has 0 fully saturated rings. The van der Waals surface area contributed by atoms with Gasteiger partial charge in [0, 0.05) is 18.9 Å². The molecule has 1 amide bonds. The fourth-order valence-corrected chi connectivity index (χ4v) is 1.77. The summed E-state index contributed by atoms with van der Waals surface area (Å²) in [5.41, 5.74) is 2.90. The summed E-state index contributed by atoms with van der Waals surface area (Å²) in [6.45, 7) is 0. The first-order chi connectivity index (χ1) is 8.79. The molecule has 0 spiro atoms.